The number of hydrogen-bond acceptors (Lipinski definition) is 23. The van der Waals surface area contributed by atoms with Crippen LogP contribution in [0.5, 0.6) is 28.9 Å². The Hall–Kier alpha value is -11.9. The number of primary amides is 1. The van der Waals surface area contributed by atoms with Crippen molar-refractivity contribution in [3.63, 3.8) is 0 Å². The van der Waals surface area contributed by atoms with E-state index in [-0.39, 0.29) is 118 Å². The number of ether oxygens (including phenoxy) is 7. The summed E-state index contributed by atoms with van der Waals surface area (Å²) in [5, 5.41) is 22.3. The van der Waals surface area contributed by atoms with Gasteiger partial charge < -0.3 is 74.6 Å². The smallest absolute Gasteiger partial charge is 0.410 e. The lowest BCUT2D eigenvalue weighted by Gasteiger charge is -2.42. The molecule has 10 rings (SSSR count). The number of piperazine rings is 1. The van der Waals surface area contributed by atoms with Gasteiger partial charge in [0.05, 0.1) is 81.0 Å². The van der Waals surface area contributed by atoms with Crippen molar-refractivity contribution in [1.82, 2.24) is 50.6 Å². The number of hydrogen-bond donors (Lipinski definition) is 7. The minimum atomic E-state index is -4.08. The number of methoxy groups -OCH3 is 1. The summed E-state index contributed by atoms with van der Waals surface area (Å²) < 4.78 is 91.5. The van der Waals surface area contributed by atoms with Crippen LogP contribution in [0, 0.1) is 31.0 Å². The Labute approximate surface area is 696 Å². The minimum absolute atomic E-state index is 0.0163. The number of likely N-dealkylation sites (N-methyl/N-ethyl adjacent to an activating group) is 1. The number of halogens is 2. The van der Waals surface area contributed by atoms with Crippen LogP contribution in [0.1, 0.15) is 67.5 Å². The first kappa shape index (κ1) is 89.4. The summed E-state index contributed by atoms with van der Waals surface area (Å²) in [5.74, 6) is -2.27. The molecule has 0 radical (unpaired) electrons. The molecule has 2 aliphatic heterocycles. The van der Waals surface area contributed by atoms with E-state index in [4.69, 9.17) is 66.9 Å². The average Bonchev–Trinajstić information content (AvgIpc) is 1.60. The fourth-order valence-electron chi connectivity index (χ4n) is 13.3. The van der Waals surface area contributed by atoms with Crippen LogP contribution in [-0.2, 0) is 74.5 Å². The Bertz CT molecular complexity index is 5200. The molecule has 0 bridgehead atoms. The highest BCUT2D eigenvalue weighted by Gasteiger charge is 2.34. The predicted octanol–water partition coefficient (Wildman–Crippen LogP) is 8.79. The zero-order valence-electron chi connectivity index (χ0n) is 66.4. The molecule has 3 aromatic heterocycles. The number of nitrogens with two attached hydrogens (primary N) is 1. The van der Waals surface area contributed by atoms with Crippen molar-refractivity contribution < 1.29 is 98.5 Å². The number of anilines is 1. The monoisotopic (exact) mass is 1690 g/mol. The van der Waals surface area contributed by atoms with Gasteiger partial charge in [0.25, 0.3) is 21.9 Å². The van der Waals surface area contributed by atoms with Crippen LogP contribution in [0.2, 0.25) is 5.02 Å². The standard InChI is InChI=1S/C83H93ClFN13O19S2/c1-8-39-114-83(107)95(5)47-56-44-57(92-77(102)62(17-13-30-88-82(86)106)93-78(103)74(51(2)3)94-68(99)29-40-112-41-35-97-69(100)26-27-70(97)101)22-20-55(56)48-115-66-46-54(21-24-61(66)85)75-71(59-23-25-65(73(84)52(59)4)113-42-34-96-32-37-98(6,38-33-96)36-14-43-119(108,109)110)72-79(89-50-90-80(72)118-75)117-67(81(104)105)45-53-15-9-11-18-63(53)116-49-58-28-31-87-76(91-58)60-16-10-12-19-64(60)111-7/h1,9-12,15-16,18-28,31,44,46,50-51,62,67,74H,13-14,17,29-30,32-43,45,47-49H2,2-7H3,(H7-,86,88,92,93,94,99,102,103,104,105,106,108,109,110)/p+1/t62-,67+,74-/m0/s1. The number of aliphatic carboxylic acids is 1. The van der Waals surface area contributed by atoms with Crippen molar-refractivity contribution >= 4 is 96.6 Å². The molecule has 1 saturated heterocycles. The van der Waals surface area contributed by atoms with Gasteiger partial charge in [0, 0.05) is 93.5 Å². The maximum absolute atomic E-state index is 16.7. The fourth-order valence-corrected chi connectivity index (χ4v) is 15.2. The van der Waals surface area contributed by atoms with E-state index in [1.807, 2.05) is 18.2 Å². The van der Waals surface area contributed by atoms with Crippen LogP contribution >= 0.6 is 22.9 Å². The highest BCUT2D eigenvalue weighted by atomic mass is 35.5. The lowest BCUT2D eigenvalue weighted by Crippen LogP contribution is -2.58. The third-order valence-corrected chi connectivity index (χ3v) is 22.3. The van der Waals surface area contributed by atoms with Gasteiger partial charge in [-0.2, -0.15) is 8.42 Å². The molecule has 0 spiro atoms. The number of urea groups is 1. The number of rotatable bonds is 42. The van der Waals surface area contributed by atoms with Crippen LogP contribution in [0.4, 0.5) is 19.7 Å². The first-order valence-electron chi connectivity index (χ1n) is 38.2. The molecule has 0 saturated carbocycles. The van der Waals surface area contributed by atoms with Crippen LogP contribution in [-0.4, -0.2) is 229 Å². The number of imide groups is 1. The average molecular weight is 1700 g/mol. The van der Waals surface area contributed by atoms with Gasteiger partial charge >= 0.3 is 18.1 Å². The van der Waals surface area contributed by atoms with Crippen molar-refractivity contribution in [1.29, 1.82) is 0 Å². The summed E-state index contributed by atoms with van der Waals surface area (Å²) in [5.41, 5.74) is 9.81. The maximum atomic E-state index is 16.7. The van der Waals surface area contributed by atoms with Crippen molar-refractivity contribution in [3.8, 4) is 74.2 Å². The first-order valence-corrected chi connectivity index (χ1v) is 41.0. The Kier molecular flexibility index (Phi) is 31.5. The summed E-state index contributed by atoms with van der Waals surface area (Å²) in [6, 6.07) is 25.1. The molecule has 5 aromatic carbocycles. The van der Waals surface area contributed by atoms with E-state index < -0.39 is 87.7 Å². The molecule has 119 heavy (non-hydrogen) atoms. The van der Waals surface area contributed by atoms with Gasteiger partial charge in [0.2, 0.25) is 29.7 Å². The number of amides is 8. The highest BCUT2D eigenvalue weighted by Crippen LogP contribution is 2.50. The number of carboxylic acid groups (broad SMARTS) is 1. The topological polar surface area (TPSA) is 411 Å². The van der Waals surface area contributed by atoms with Gasteiger partial charge in [-0.3, -0.25) is 38.3 Å². The lowest BCUT2D eigenvalue weighted by atomic mass is 9.95. The largest absolute Gasteiger partial charge is 0.496 e. The number of thiophene rings is 1. The summed E-state index contributed by atoms with van der Waals surface area (Å²) >= 11 is 8.51. The maximum Gasteiger partial charge on any atom is 0.410 e. The molecule has 0 aliphatic carbocycles. The van der Waals surface area contributed by atoms with E-state index in [1.54, 1.807) is 94.7 Å². The molecule has 8 amide bonds. The van der Waals surface area contributed by atoms with Gasteiger partial charge in [-0.1, -0.05) is 79.9 Å². The van der Waals surface area contributed by atoms with Crippen LogP contribution in [0.25, 0.3) is 43.2 Å². The number of fused-ring (bicyclic) bond motifs is 1. The Morgan fingerprint density at radius 3 is 2.29 bits per heavy atom. The zero-order valence-corrected chi connectivity index (χ0v) is 68.8. The number of terminal acetylenes is 1. The number of carbonyl (C=O) groups is 8. The van der Waals surface area contributed by atoms with Gasteiger partial charge in [0.15, 0.2) is 24.0 Å². The normalized spacial score (nSPS) is 14.0. The number of carbonyl (C=O) groups excluding carboxylic acids is 7. The Morgan fingerprint density at radius 1 is 0.824 bits per heavy atom. The molecule has 8 aromatic rings. The SMILES string of the molecule is C#CCOC(=O)N(C)Cc1cc(NC(=O)[C@H](CCCNC(N)=O)NC(=O)[C@@H](NC(=O)CCOCCN2C(=O)C=CC2=O)C(C)C)ccc1COc1cc(-c2sc3ncnc(O[C@H](Cc4ccccc4OCc4ccnc(-c5ccccc5OC)n4)C(=O)O)c3c2-c2ccc(OCCN3CC[N+](C)(CCCS(=O)(=O)O)CC3)c(Cl)c2C)ccc1F. The molecule has 1 fully saturated rings. The second kappa shape index (κ2) is 42.0. The van der Waals surface area contributed by atoms with Crippen LogP contribution in [0.15, 0.2) is 128 Å². The number of nitrogens with one attached hydrogen (secondary N) is 4. The number of carboxylic acids is 1. The highest BCUT2D eigenvalue weighted by molar-refractivity contribution is 7.85. The number of quaternary nitrogens is 1. The second-order valence-electron chi connectivity index (χ2n) is 28.8. The number of aromatic nitrogens is 4. The van der Waals surface area contributed by atoms with Gasteiger partial charge in [-0.25, -0.2) is 38.7 Å². The fraction of sp³-hybridized carbons (Fsp3) is 0.373. The summed E-state index contributed by atoms with van der Waals surface area (Å²) in [6.45, 7) is 8.45. The van der Waals surface area contributed by atoms with Gasteiger partial charge in [-0.15, -0.1) is 17.8 Å². The van der Waals surface area contributed by atoms with Gasteiger partial charge in [0.1, 0.15) is 60.3 Å². The van der Waals surface area contributed by atoms with Crippen LogP contribution < -0.4 is 50.7 Å². The van der Waals surface area contributed by atoms with Crippen molar-refractivity contribution in [2.45, 2.75) is 90.8 Å². The van der Waals surface area contributed by atoms with Gasteiger partial charge in [-0.05, 0) is 114 Å². The molecule has 2 aliphatic rings. The minimum Gasteiger partial charge on any atom is -0.496 e. The van der Waals surface area contributed by atoms with E-state index in [2.05, 4.69) is 49.1 Å². The summed E-state index contributed by atoms with van der Waals surface area (Å²) in [4.78, 5) is 128. The van der Waals surface area contributed by atoms with E-state index in [1.165, 1.54) is 53.9 Å². The molecule has 36 heteroatoms. The third kappa shape index (κ3) is 24.8. The molecule has 32 nitrogen and oxygen atoms in total. The van der Waals surface area contributed by atoms with E-state index in [0.717, 1.165) is 30.1 Å². The number of para-hydroxylation sites is 2. The van der Waals surface area contributed by atoms with E-state index in [9.17, 15) is 56.4 Å². The Morgan fingerprint density at radius 2 is 1.56 bits per heavy atom. The Balaban J connectivity index is 0.925. The molecule has 5 heterocycles. The first-order chi connectivity index (χ1) is 57.0. The molecular formula is C83H94ClFN13O19S2+. The number of benzene rings is 5. The number of nitrogens with zero attached hydrogens (tertiary/aromatic N) is 8. The quantitative estimate of drug-likeness (QED) is 0.00617. The van der Waals surface area contributed by atoms with E-state index in [0.29, 0.717) is 120 Å². The van der Waals surface area contributed by atoms with Crippen LogP contribution in [0.3, 0.4) is 0 Å². The third-order valence-electron chi connectivity index (χ3n) is 19.8. The lowest BCUT2D eigenvalue weighted by molar-refractivity contribution is -0.913. The van der Waals surface area contributed by atoms with Crippen molar-refractivity contribution in [2.75, 3.05) is 111 Å². The molecule has 8 N–H and O–H groups in total. The summed E-state index contributed by atoms with van der Waals surface area (Å²) in [6.07, 6.45) is 8.21. The predicted molar refractivity (Wildman–Crippen MR) is 440 cm³/mol. The molecule has 3 atom stereocenters. The molecule has 0 unspecified atom stereocenters. The molecular weight excluding hydrogens is 1600 g/mol. The summed E-state index contributed by atoms with van der Waals surface area (Å²) in [7, 11) is 0.985. The van der Waals surface area contributed by atoms with E-state index >= 15 is 4.39 Å². The van der Waals surface area contributed by atoms with Crippen molar-refractivity contribution in [3.05, 3.63) is 167 Å². The zero-order chi connectivity index (χ0) is 85.5. The van der Waals surface area contributed by atoms with Crippen molar-refractivity contribution in [2.24, 2.45) is 11.7 Å². The second-order valence-corrected chi connectivity index (χ2v) is 31.7. The molecule has 630 valence electrons.